The Morgan fingerprint density at radius 2 is 2.12 bits per heavy atom. The quantitative estimate of drug-likeness (QED) is 0.767. The molecule has 16 heavy (non-hydrogen) atoms. The normalized spacial score (nSPS) is 10.4. The first kappa shape index (κ1) is 10.4. The molecular weight excluding hydrogens is 200 g/mol. The lowest BCUT2D eigenvalue weighted by atomic mass is 10.1. The van der Waals surface area contributed by atoms with E-state index >= 15 is 0 Å². The summed E-state index contributed by atoms with van der Waals surface area (Å²) in [5, 5.41) is 12.8. The zero-order valence-corrected chi connectivity index (χ0v) is 9.27. The van der Waals surface area contributed by atoms with Gasteiger partial charge in [0.15, 0.2) is 0 Å². The molecule has 0 atom stereocenters. The van der Waals surface area contributed by atoms with Crippen LogP contribution in [0, 0.1) is 11.3 Å². The fraction of sp³-hybridized carbons (Fsp3) is 0.231. The molecule has 0 aliphatic carbocycles. The zero-order chi connectivity index (χ0) is 11.5. The minimum Gasteiger partial charge on any atom is -0.361 e. The SMILES string of the molecule is CC(C)c1cc(-c2cccc(C#N)c2)no1. The second-order valence-electron chi connectivity index (χ2n) is 3.96. The molecule has 1 aromatic carbocycles. The summed E-state index contributed by atoms with van der Waals surface area (Å²) in [6.45, 7) is 4.10. The molecule has 0 saturated carbocycles. The highest BCUT2D eigenvalue weighted by Gasteiger charge is 2.09. The van der Waals surface area contributed by atoms with Crippen LogP contribution in [-0.2, 0) is 0 Å². The predicted octanol–water partition coefficient (Wildman–Crippen LogP) is 3.34. The van der Waals surface area contributed by atoms with Crippen molar-refractivity contribution in [3.05, 3.63) is 41.7 Å². The van der Waals surface area contributed by atoms with Crippen molar-refractivity contribution < 1.29 is 4.52 Å². The summed E-state index contributed by atoms with van der Waals surface area (Å²) in [5.74, 6) is 1.18. The first-order valence-electron chi connectivity index (χ1n) is 5.18. The van der Waals surface area contributed by atoms with E-state index in [2.05, 4.69) is 25.1 Å². The average molecular weight is 212 g/mol. The Morgan fingerprint density at radius 1 is 1.31 bits per heavy atom. The molecule has 0 aliphatic heterocycles. The van der Waals surface area contributed by atoms with E-state index in [0.29, 0.717) is 11.5 Å². The number of nitriles is 1. The molecule has 0 saturated heterocycles. The average Bonchev–Trinajstić information content (AvgIpc) is 2.78. The lowest BCUT2D eigenvalue weighted by molar-refractivity contribution is 0.373. The van der Waals surface area contributed by atoms with Gasteiger partial charge in [0.25, 0.3) is 0 Å². The van der Waals surface area contributed by atoms with Crippen molar-refractivity contribution in [1.82, 2.24) is 5.16 Å². The van der Waals surface area contributed by atoms with Crippen LogP contribution in [0.2, 0.25) is 0 Å². The van der Waals surface area contributed by atoms with Crippen molar-refractivity contribution in [3.63, 3.8) is 0 Å². The van der Waals surface area contributed by atoms with Crippen molar-refractivity contribution in [2.75, 3.05) is 0 Å². The molecule has 2 aromatic rings. The van der Waals surface area contributed by atoms with E-state index in [1.807, 2.05) is 24.3 Å². The fourth-order valence-electron chi connectivity index (χ4n) is 1.45. The van der Waals surface area contributed by atoms with E-state index in [1.54, 1.807) is 6.07 Å². The summed E-state index contributed by atoms with van der Waals surface area (Å²) < 4.78 is 5.22. The van der Waals surface area contributed by atoms with Gasteiger partial charge in [0.05, 0.1) is 11.6 Å². The molecule has 0 N–H and O–H groups in total. The molecule has 80 valence electrons. The first-order valence-corrected chi connectivity index (χ1v) is 5.18. The van der Waals surface area contributed by atoms with Gasteiger partial charge in [0, 0.05) is 17.5 Å². The molecule has 3 heteroatoms. The van der Waals surface area contributed by atoms with Crippen molar-refractivity contribution >= 4 is 0 Å². The molecule has 0 aliphatic rings. The van der Waals surface area contributed by atoms with E-state index in [9.17, 15) is 0 Å². The van der Waals surface area contributed by atoms with Crippen molar-refractivity contribution in [1.29, 1.82) is 5.26 Å². The Morgan fingerprint density at radius 3 is 2.75 bits per heavy atom. The third-order valence-corrected chi connectivity index (χ3v) is 2.38. The molecule has 0 fully saturated rings. The topological polar surface area (TPSA) is 49.8 Å². The standard InChI is InChI=1S/C13H12N2O/c1-9(2)13-7-12(15-16-13)11-5-3-4-10(6-11)8-14/h3-7,9H,1-2H3. The maximum atomic E-state index is 8.81. The number of nitrogens with zero attached hydrogens (tertiary/aromatic N) is 2. The van der Waals surface area contributed by atoms with Gasteiger partial charge in [-0.3, -0.25) is 0 Å². The van der Waals surface area contributed by atoms with Gasteiger partial charge in [0.2, 0.25) is 0 Å². The number of aromatic nitrogens is 1. The smallest absolute Gasteiger partial charge is 0.139 e. The first-order chi connectivity index (χ1) is 7.70. The van der Waals surface area contributed by atoms with Crippen LogP contribution in [-0.4, -0.2) is 5.16 Å². The largest absolute Gasteiger partial charge is 0.361 e. The Labute approximate surface area is 94.3 Å². The summed E-state index contributed by atoms with van der Waals surface area (Å²) in [4.78, 5) is 0. The molecule has 0 amide bonds. The monoisotopic (exact) mass is 212 g/mol. The highest BCUT2D eigenvalue weighted by atomic mass is 16.5. The summed E-state index contributed by atoms with van der Waals surface area (Å²) in [5.41, 5.74) is 2.32. The molecule has 1 aromatic heterocycles. The van der Waals surface area contributed by atoms with Gasteiger partial charge < -0.3 is 4.52 Å². The highest BCUT2D eigenvalue weighted by molar-refractivity contribution is 5.61. The molecule has 3 nitrogen and oxygen atoms in total. The second-order valence-corrected chi connectivity index (χ2v) is 3.96. The lowest BCUT2D eigenvalue weighted by Gasteiger charge is -1.95. The maximum Gasteiger partial charge on any atom is 0.139 e. The molecule has 0 unspecified atom stereocenters. The third kappa shape index (κ3) is 1.96. The van der Waals surface area contributed by atoms with Gasteiger partial charge in [-0.2, -0.15) is 5.26 Å². The van der Waals surface area contributed by atoms with Gasteiger partial charge in [-0.05, 0) is 12.1 Å². The maximum absolute atomic E-state index is 8.81. The lowest BCUT2D eigenvalue weighted by Crippen LogP contribution is -1.81. The van der Waals surface area contributed by atoms with E-state index in [-0.39, 0.29) is 0 Å². The molecule has 1 heterocycles. The van der Waals surface area contributed by atoms with E-state index in [1.165, 1.54) is 0 Å². The molecular formula is C13H12N2O. The van der Waals surface area contributed by atoms with Gasteiger partial charge in [0.1, 0.15) is 11.5 Å². The summed E-state index contributed by atoms with van der Waals surface area (Å²) in [6.07, 6.45) is 0. The van der Waals surface area contributed by atoms with Gasteiger partial charge >= 0.3 is 0 Å². The fourth-order valence-corrected chi connectivity index (χ4v) is 1.45. The van der Waals surface area contributed by atoms with Crippen LogP contribution in [0.25, 0.3) is 11.3 Å². The van der Waals surface area contributed by atoms with Crippen molar-refractivity contribution in [2.45, 2.75) is 19.8 Å². The number of hydrogen-bond acceptors (Lipinski definition) is 3. The summed E-state index contributed by atoms with van der Waals surface area (Å²) >= 11 is 0. The van der Waals surface area contributed by atoms with E-state index < -0.39 is 0 Å². The third-order valence-electron chi connectivity index (χ3n) is 2.38. The van der Waals surface area contributed by atoms with Crippen LogP contribution in [0.1, 0.15) is 31.1 Å². The number of hydrogen-bond donors (Lipinski definition) is 0. The Hall–Kier alpha value is -2.08. The Kier molecular flexibility index (Phi) is 2.74. The highest BCUT2D eigenvalue weighted by Crippen LogP contribution is 2.23. The van der Waals surface area contributed by atoms with Gasteiger partial charge in [-0.15, -0.1) is 0 Å². The van der Waals surface area contributed by atoms with Crippen LogP contribution in [0.5, 0.6) is 0 Å². The second kappa shape index (κ2) is 4.19. The van der Waals surface area contributed by atoms with Crippen molar-refractivity contribution in [3.8, 4) is 17.3 Å². The van der Waals surface area contributed by atoms with Crippen LogP contribution in [0.4, 0.5) is 0 Å². The minimum absolute atomic E-state index is 0.320. The van der Waals surface area contributed by atoms with Gasteiger partial charge in [-0.1, -0.05) is 31.1 Å². The van der Waals surface area contributed by atoms with Crippen LogP contribution < -0.4 is 0 Å². The number of rotatable bonds is 2. The van der Waals surface area contributed by atoms with Crippen LogP contribution in [0.3, 0.4) is 0 Å². The van der Waals surface area contributed by atoms with E-state index in [4.69, 9.17) is 9.78 Å². The zero-order valence-electron chi connectivity index (χ0n) is 9.27. The van der Waals surface area contributed by atoms with E-state index in [0.717, 1.165) is 17.0 Å². The summed E-state index contributed by atoms with van der Waals surface area (Å²) in [6, 6.07) is 11.4. The molecule has 2 rings (SSSR count). The van der Waals surface area contributed by atoms with Gasteiger partial charge in [-0.25, -0.2) is 0 Å². The van der Waals surface area contributed by atoms with Crippen molar-refractivity contribution in [2.24, 2.45) is 0 Å². The minimum atomic E-state index is 0.320. The number of benzene rings is 1. The summed E-state index contributed by atoms with van der Waals surface area (Å²) in [7, 11) is 0. The predicted molar refractivity (Wildman–Crippen MR) is 60.7 cm³/mol. The molecule has 0 bridgehead atoms. The molecule has 0 spiro atoms. The van der Waals surface area contributed by atoms with Crippen LogP contribution in [0.15, 0.2) is 34.9 Å². The van der Waals surface area contributed by atoms with Crippen LogP contribution >= 0.6 is 0 Å². The molecule has 0 radical (unpaired) electrons. The Balaban J connectivity index is 2.39. The Bertz CT molecular complexity index is 535.